The minimum absolute atomic E-state index is 0.0168. The fourth-order valence-corrected chi connectivity index (χ4v) is 4.01. The van der Waals surface area contributed by atoms with Gasteiger partial charge in [-0.25, -0.2) is 12.8 Å². The van der Waals surface area contributed by atoms with Crippen LogP contribution in [0.1, 0.15) is 13.8 Å². The number of nitrogens with zero attached hydrogens (tertiary/aromatic N) is 3. The van der Waals surface area contributed by atoms with E-state index in [0.29, 0.717) is 22.7 Å². The smallest absolute Gasteiger partial charge is 0.261 e. The normalized spacial score (nSPS) is 11.7. The Labute approximate surface area is 201 Å². The van der Waals surface area contributed by atoms with Crippen LogP contribution in [0.4, 0.5) is 15.8 Å². The summed E-state index contributed by atoms with van der Waals surface area (Å²) in [5, 5.41) is 10.6. The number of carbonyl (C=O) groups is 1. The summed E-state index contributed by atoms with van der Waals surface area (Å²) in [6.45, 7) is 2.13. The summed E-state index contributed by atoms with van der Waals surface area (Å²) in [6.07, 6.45) is 3.22. The van der Waals surface area contributed by atoms with Crippen LogP contribution in [0, 0.1) is 5.41 Å². The van der Waals surface area contributed by atoms with E-state index in [-0.39, 0.29) is 16.5 Å². The highest BCUT2D eigenvalue weighted by Crippen LogP contribution is 2.26. The van der Waals surface area contributed by atoms with Gasteiger partial charge in [0.05, 0.1) is 16.0 Å². The van der Waals surface area contributed by atoms with Crippen molar-refractivity contribution < 1.29 is 22.0 Å². The Morgan fingerprint density at radius 2 is 1.54 bits per heavy atom. The van der Waals surface area contributed by atoms with E-state index >= 15 is 0 Å². The molecule has 0 aliphatic heterocycles. The molecule has 4 aromatic rings. The van der Waals surface area contributed by atoms with Crippen molar-refractivity contribution in [2.24, 2.45) is 5.41 Å². The van der Waals surface area contributed by atoms with E-state index in [1.165, 1.54) is 32.0 Å². The average molecular weight is 496 g/mol. The number of pyridine rings is 1. The molecule has 35 heavy (non-hydrogen) atoms. The Hall–Kier alpha value is -4.12. The molecule has 0 aliphatic carbocycles. The molecular formula is C24H22FN5O4S. The number of halogens is 1. The number of nitrogens with one attached hydrogen (secondary N) is 2. The van der Waals surface area contributed by atoms with Crippen molar-refractivity contribution in [1.82, 2.24) is 15.2 Å². The molecule has 1 amide bonds. The maximum Gasteiger partial charge on any atom is 0.261 e. The zero-order valence-corrected chi connectivity index (χ0v) is 19.7. The van der Waals surface area contributed by atoms with Crippen LogP contribution in [0.2, 0.25) is 0 Å². The van der Waals surface area contributed by atoms with Gasteiger partial charge in [0.1, 0.15) is 6.67 Å². The first-order valence-electron chi connectivity index (χ1n) is 10.5. The third-order valence-electron chi connectivity index (χ3n) is 5.09. The predicted octanol–water partition coefficient (Wildman–Crippen LogP) is 4.53. The van der Waals surface area contributed by atoms with Gasteiger partial charge in [-0.05, 0) is 68.4 Å². The number of benzene rings is 2. The van der Waals surface area contributed by atoms with E-state index < -0.39 is 28.0 Å². The molecule has 0 aliphatic rings. The van der Waals surface area contributed by atoms with Crippen LogP contribution in [0.25, 0.3) is 22.9 Å². The Morgan fingerprint density at radius 1 is 0.943 bits per heavy atom. The van der Waals surface area contributed by atoms with Crippen molar-refractivity contribution in [1.29, 1.82) is 0 Å². The quantitative estimate of drug-likeness (QED) is 0.367. The zero-order valence-electron chi connectivity index (χ0n) is 18.9. The lowest BCUT2D eigenvalue weighted by Crippen LogP contribution is -2.32. The van der Waals surface area contributed by atoms with Crippen LogP contribution in [0.5, 0.6) is 0 Å². The van der Waals surface area contributed by atoms with Crippen LogP contribution in [0.3, 0.4) is 0 Å². The van der Waals surface area contributed by atoms with Crippen LogP contribution in [-0.2, 0) is 14.8 Å². The number of anilines is 2. The highest BCUT2D eigenvalue weighted by atomic mass is 32.2. The number of aromatic nitrogens is 3. The van der Waals surface area contributed by atoms with Crippen molar-refractivity contribution in [2.75, 3.05) is 16.7 Å². The lowest BCUT2D eigenvalue weighted by atomic mass is 9.94. The summed E-state index contributed by atoms with van der Waals surface area (Å²) in [7, 11) is -3.92. The highest BCUT2D eigenvalue weighted by Gasteiger charge is 2.27. The van der Waals surface area contributed by atoms with Crippen LogP contribution < -0.4 is 10.0 Å². The Balaban J connectivity index is 1.48. The van der Waals surface area contributed by atoms with Crippen LogP contribution in [-0.4, -0.2) is 36.2 Å². The molecular weight excluding hydrogens is 473 g/mol. The van der Waals surface area contributed by atoms with Gasteiger partial charge in [0, 0.05) is 29.2 Å². The van der Waals surface area contributed by atoms with Gasteiger partial charge in [-0.2, -0.15) is 0 Å². The van der Waals surface area contributed by atoms with Gasteiger partial charge in [-0.15, -0.1) is 10.2 Å². The highest BCUT2D eigenvalue weighted by molar-refractivity contribution is 7.92. The molecule has 0 saturated heterocycles. The molecule has 2 aromatic carbocycles. The molecule has 0 spiro atoms. The number of rotatable bonds is 8. The summed E-state index contributed by atoms with van der Waals surface area (Å²) in [6, 6.07) is 15.6. The molecule has 0 saturated carbocycles. The molecule has 0 unspecified atom stereocenters. The van der Waals surface area contributed by atoms with Crippen LogP contribution >= 0.6 is 0 Å². The second-order valence-corrected chi connectivity index (χ2v) is 10.0. The number of alkyl halides is 1. The van der Waals surface area contributed by atoms with Crippen molar-refractivity contribution in [3.63, 3.8) is 0 Å². The molecule has 0 radical (unpaired) electrons. The average Bonchev–Trinajstić information content (AvgIpc) is 3.35. The number of amides is 1. The number of hydrogen-bond donors (Lipinski definition) is 2. The van der Waals surface area contributed by atoms with E-state index in [9.17, 15) is 17.6 Å². The largest absolute Gasteiger partial charge is 0.416 e. The molecule has 0 fully saturated rings. The van der Waals surface area contributed by atoms with Gasteiger partial charge < -0.3 is 9.73 Å². The second kappa shape index (κ2) is 9.63. The lowest BCUT2D eigenvalue weighted by molar-refractivity contribution is -0.124. The summed E-state index contributed by atoms with van der Waals surface area (Å²) < 4.78 is 47.0. The monoisotopic (exact) mass is 495 g/mol. The maximum absolute atomic E-state index is 13.1. The van der Waals surface area contributed by atoms with Gasteiger partial charge in [0.25, 0.3) is 10.0 Å². The molecule has 2 aromatic heterocycles. The molecule has 0 bridgehead atoms. The minimum Gasteiger partial charge on any atom is -0.416 e. The Morgan fingerprint density at radius 3 is 2.17 bits per heavy atom. The van der Waals surface area contributed by atoms with Crippen molar-refractivity contribution in [3.8, 4) is 22.9 Å². The van der Waals surface area contributed by atoms with Crippen molar-refractivity contribution in [3.05, 3.63) is 73.1 Å². The first-order valence-corrected chi connectivity index (χ1v) is 12.0. The third kappa shape index (κ3) is 5.52. The fraction of sp³-hybridized carbons (Fsp3) is 0.167. The third-order valence-corrected chi connectivity index (χ3v) is 6.48. The Bertz CT molecular complexity index is 1440. The summed E-state index contributed by atoms with van der Waals surface area (Å²) in [5.74, 6) is 0.0553. The topological polar surface area (TPSA) is 127 Å². The summed E-state index contributed by atoms with van der Waals surface area (Å²) in [4.78, 5) is 16.2. The number of sulfonamides is 1. The van der Waals surface area contributed by atoms with E-state index in [4.69, 9.17) is 4.42 Å². The molecule has 0 atom stereocenters. The first kappa shape index (κ1) is 24.0. The molecule has 180 valence electrons. The summed E-state index contributed by atoms with van der Waals surface area (Å²) in [5.41, 5.74) is 0.650. The fourth-order valence-electron chi connectivity index (χ4n) is 2.96. The van der Waals surface area contributed by atoms with Gasteiger partial charge in [0.2, 0.25) is 17.7 Å². The van der Waals surface area contributed by atoms with Gasteiger partial charge in [-0.3, -0.25) is 14.5 Å². The van der Waals surface area contributed by atoms with Gasteiger partial charge in [-0.1, -0.05) is 6.07 Å². The molecule has 4 rings (SSSR count). The zero-order chi connectivity index (χ0) is 25.1. The molecule has 11 heteroatoms. The van der Waals surface area contributed by atoms with Crippen molar-refractivity contribution in [2.45, 2.75) is 18.7 Å². The lowest BCUT2D eigenvalue weighted by Gasteiger charge is -2.19. The number of hydrogen-bond acceptors (Lipinski definition) is 7. The second-order valence-electron chi connectivity index (χ2n) is 8.33. The molecule has 2 N–H and O–H groups in total. The molecule has 9 nitrogen and oxygen atoms in total. The maximum atomic E-state index is 13.1. The predicted molar refractivity (Wildman–Crippen MR) is 129 cm³/mol. The van der Waals surface area contributed by atoms with E-state index in [1.807, 2.05) is 0 Å². The van der Waals surface area contributed by atoms with E-state index in [2.05, 4.69) is 25.2 Å². The van der Waals surface area contributed by atoms with E-state index in [1.54, 1.807) is 54.9 Å². The molecule has 2 heterocycles. The Kier molecular flexibility index (Phi) is 6.61. The van der Waals surface area contributed by atoms with Gasteiger partial charge in [0.15, 0.2) is 0 Å². The van der Waals surface area contributed by atoms with Crippen LogP contribution in [0.15, 0.2) is 82.4 Å². The standard InChI is InChI=1S/C24H22FN5O4S/c1-24(2,15-25)23(31)27-18-4-3-5-19(14-18)30-35(32,33)20-8-6-16(7-9-20)21-28-29-22(34-21)17-10-12-26-13-11-17/h3-14,30H,15H2,1-2H3,(H,27,31). The van der Waals surface area contributed by atoms with Crippen molar-refractivity contribution >= 4 is 27.3 Å². The summed E-state index contributed by atoms with van der Waals surface area (Å²) >= 11 is 0. The number of carbonyl (C=O) groups excluding carboxylic acids is 1. The first-order chi connectivity index (χ1) is 16.7. The minimum atomic E-state index is -3.92. The van der Waals surface area contributed by atoms with E-state index in [0.717, 1.165) is 0 Å². The SMILES string of the molecule is CC(C)(CF)C(=O)Nc1cccc(NS(=O)(=O)c2ccc(-c3nnc(-c4ccncc4)o3)cc2)c1. The van der Waals surface area contributed by atoms with Gasteiger partial charge >= 0.3 is 0 Å².